The zero-order valence-electron chi connectivity index (χ0n) is 33.4. The van der Waals surface area contributed by atoms with E-state index in [0.717, 1.165) is 27.8 Å². The summed E-state index contributed by atoms with van der Waals surface area (Å²) >= 11 is 13.8. The highest BCUT2D eigenvalue weighted by Crippen LogP contribution is 2.31. The minimum Gasteiger partial charge on any atom is -0.490 e. The second kappa shape index (κ2) is 20.9. The summed E-state index contributed by atoms with van der Waals surface area (Å²) in [7, 11) is 0. The summed E-state index contributed by atoms with van der Waals surface area (Å²) in [6.07, 6.45) is -0.839. The molecule has 16 nitrogen and oxygen atoms in total. The summed E-state index contributed by atoms with van der Waals surface area (Å²) in [4.78, 5) is 70.4. The van der Waals surface area contributed by atoms with E-state index in [2.05, 4.69) is 20.9 Å². The molecule has 5 rings (SSSR count). The molecule has 1 aromatic heterocycles. The summed E-state index contributed by atoms with van der Waals surface area (Å²) in [6.45, 7) is 7.42. The van der Waals surface area contributed by atoms with Crippen LogP contribution in [0.2, 0.25) is 10.0 Å². The monoisotopic (exact) mass is 884 g/mol. The van der Waals surface area contributed by atoms with Crippen molar-refractivity contribution in [2.75, 3.05) is 44.9 Å². The van der Waals surface area contributed by atoms with E-state index in [1.807, 2.05) is 31.2 Å². The van der Waals surface area contributed by atoms with Gasteiger partial charge in [-0.15, -0.1) is 11.3 Å². The molecule has 0 unspecified atom stereocenters. The number of thiazole rings is 1. The Morgan fingerprint density at radius 2 is 1.73 bits per heavy atom. The Hall–Kier alpha value is -5.17. The van der Waals surface area contributed by atoms with Crippen LogP contribution in [0.5, 0.6) is 5.75 Å². The van der Waals surface area contributed by atoms with Crippen LogP contribution in [0.15, 0.2) is 66.2 Å². The van der Waals surface area contributed by atoms with E-state index in [1.54, 1.807) is 43.7 Å². The topological polar surface area (TPSA) is 212 Å². The Kier molecular flexibility index (Phi) is 16.0. The van der Waals surface area contributed by atoms with Crippen molar-refractivity contribution < 1.29 is 43.4 Å². The van der Waals surface area contributed by atoms with E-state index in [9.17, 15) is 34.4 Å². The van der Waals surface area contributed by atoms with Crippen LogP contribution >= 0.6 is 34.5 Å². The number of benzene rings is 3. The molecule has 0 radical (unpaired) electrons. The minimum atomic E-state index is -1.02. The molecule has 1 saturated heterocycles. The quantitative estimate of drug-likeness (QED) is 0.0532. The molecule has 1 aliphatic rings. The summed E-state index contributed by atoms with van der Waals surface area (Å²) in [5.41, 5.74) is 3.93. The molecule has 4 N–H and O–H groups in total. The molecule has 60 heavy (non-hydrogen) atoms. The number of amides is 4. The number of aromatic nitrogens is 1. The zero-order chi connectivity index (χ0) is 43.6. The number of nitro benzene ring substituents is 1. The summed E-state index contributed by atoms with van der Waals surface area (Å²) < 4.78 is 16.8. The molecule has 2 heterocycles. The van der Waals surface area contributed by atoms with Crippen molar-refractivity contribution in [3.63, 3.8) is 0 Å². The van der Waals surface area contributed by atoms with Crippen LogP contribution < -0.4 is 20.7 Å². The van der Waals surface area contributed by atoms with Gasteiger partial charge >= 0.3 is 0 Å². The summed E-state index contributed by atoms with van der Waals surface area (Å²) in [5, 5.41) is 30.0. The predicted octanol–water partition coefficient (Wildman–Crippen LogP) is 5.81. The van der Waals surface area contributed by atoms with Gasteiger partial charge in [0, 0.05) is 36.7 Å². The lowest BCUT2D eigenvalue weighted by Gasteiger charge is -2.35. The first-order valence-corrected chi connectivity index (χ1v) is 20.5. The molecular weight excluding hydrogens is 839 g/mol. The number of hydrogen-bond donors (Lipinski definition) is 4. The van der Waals surface area contributed by atoms with Crippen LogP contribution in [0.3, 0.4) is 0 Å². The van der Waals surface area contributed by atoms with Crippen molar-refractivity contribution in [3.8, 4) is 16.2 Å². The third-order valence-electron chi connectivity index (χ3n) is 9.40. The predicted molar refractivity (Wildman–Crippen MR) is 226 cm³/mol. The Labute approximate surface area is 360 Å². The van der Waals surface area contributed by atoms with Gasteiger partial charge in [-0.05, 0) is 47.7 Å². The van der Waals surface area contributed by atoms with Crippen LogP contribution in [-0.2, 0) is 30.4 Å². The fraction of sp³-hybridized carbons (Fsp3) is 0.390. The van der Waals surface area contributed by atoms with Gasteiger partial charge in [0.25, 0.3) is 11.6 Å². The number of carbonyl (C=O) groups is 4. The number of nitro groups is 1. The van der Waals surface area contributed by atoms with E-state index >= 15 is 0 Å². The standard InChI is InChI=1S/C41H46Cl2N6O10S/c1-24-36(60-23-45-24)26-7-5-25(6-8-26)20-44-39(53)33-19-29(50)21-48(33)40(54)37(41(2,3)4)47-35(51)22-58-14-13-57-15-16-59-34-12-9-27(42)17-30(34)38(52)46-32-11-10-28(49(55)56)18-31(32)43/h5-12,17-18,23,29,33,37,50H,13-16,19-22H2,1-4H3,(H,44,53)(H,46,52)(H,47,51)/t29-,33+,37-/m1/s1. The van der Waals surface area contributed by atoms with E-state index in [1.165, 1.54) is 29.2 Å². The Bertz CT molecular complexity index is 2180. The second-order valence-electron chi connectivity index (χ2n) is 15.0. The lowest BCUT2D eigenvalue weighted by Crippen LogP contribution is -2.58. The zero-order valence-corrected chi connectivity index (χ0v) is 35.7. The molecule has 1 fully saturated rings. The van der Waals surface area contributed by atoms with Gasteiger partial charge in [-0.1, -0.05) is 68.2 Å². The largest absolute Gasteiger partial charge is 0.490 e. The molecule has 0 saturated carbocycles. The maximum Gasteiger partial charge on any atom is 0.271 e. The molecule has 4 amide bonds. The number of nitrogens with zero attached hydrogens (tertiary/aromatic N) is 3. The molecular formula is C41H46Cl2N6O10S. The lowest BCUT2D eigenvalue weighted by atomic mass is 9.85. The summed E-state index contributed by atoms with van der Waals surface area (Å²) in [5.74, 6) is -1.84. The van der Waals surface area contributed by atoms with Crippen LogP contribution in [-0.4, -0.2) is 101 Å². The number of nitrogens with one attached hydrogen (secondary N) is 3. The molecule has 4 aromatic rings. The molecule has 0 aliphatic carbocycles. The van der Waals surface area contributed by atoms with Crippen LogP contribution in [0.1, 0.15) is 48.8 Å². The first kappa shape index (κ1) is 45.9. The fourth-order valence-corrected chi connectivity index (χ4v) is 7.50. The van der Waals surface area contributed by atoms with Crippen molar-refractivity contribution in [2.45, 2.75) is 58.8 Å². The highest BCUT2D eigenvalue weighted by atomic mass is 35.5. The molecule has 0 spiro atoms. The third-order valence-corrected chi connectivity index (χ3v) is 10.9. The number of aryl methyl sites for hydroxylation is 1. The number of non-ortho nitro benzene ring substituents is 1. The Morgan fingerprint density at radius 1 is 1.02 bits per heavy atom. The first-order valence-electron chi connectivity index (χ1n) is 18.9. The average Bonchev–Trinajstić information content (AvgIpc) is 3.82. The molecule has 0 bridgehead atoms. The first-order chi connectivity index (χ1) is 28.5. The molecule has 3 aromatic carbocycles. The normalized spacial score (nSPS) is 15.6. The van der Waals surface area contributed by atoms with Gasteiger partial charge in [-0.25, -0.2) is 4.98 Å². The summed E-state index contributed by atoms with van der Waals surface area (Å²) in [6, 6.07) is 14.0. The van der Waals surface area contributed by atoms with Gasteiger partial charge in [-0.3, -0.25) is 29.3 Å². The smallest absolute Gasteiger partial charge is 0.271 e. The van der Waals surface area contributed by atoms with E-state index in [4.69, 9.17) is 37.4 Å². The van der Waals surface area contributed by atoms with Gasteiger partial charge in [0.15, 0.2) is 0 Å². The SMILES string of the molecule is Cc1ncsc1-c1ccc(CNC(=O)[C@@H]2C[C@@H](O)CN2C(=O)[C@@H](NC(=O)COCCOCCOc2ccc(Cl)cc2C(=O)Nc2ccc([N+](=O)[O-])cc2Cl)C(C)(C)C)cc1. The number of ether oxygens (including phenoxy) is 3. The molecule has 19 heteroatoms. The number of aliphatic hydroxyl groups excluding tert-OH is 1. The van der Waals surface area contributed by atoms with E-state index in [-0.39, 0.29) is 85.3 Å². The number of anilines is 1. The van der Waals surface area contributed by atoms with E-state index < -0.39 is 52.2 Å². The van der Waals surface area contributed by atoms with Crippen molar-refractivity contribution in [3.05, 3.63) is 103 Å². The number of aliphatic hydroxyl groups is 1. The van der Waals surface area contributed by atoms with Crippen molar-refractivity contribution in [1.29, 1.82) is 0 Å². The maximum atomic E-state index is 13.9. The van der Waals surface area contributed by atoms with Crippen molar-refractivity contribution in [2.24, 2.45) is 5.41 Å². The highest BCUT2D eigenvalue weighted by Gasteiger charge is 2.44. The maximum absolute atomic E-state index is 13.9. The van der Waals surface area contributed by atoms with Gasteiger partial charge in [0.2, 0.25) is 17.7 Å². The number of carbonyl (C=O) groups excluding carboxylic acids is 4. The van der Waals surface area contributed by atoms with Crippen LogP contribution in [0.25, 0.3) is 10.4 Å². The van der Waals surface area contributed by atoms with Crippen LogP contribution in [0.4, 0.5) is 11.4 Å². The van der Waals surface area contributed by atoms with Crippen molar-refractivity contribution >= 4 is 69.5 Å². The van der Waals surface area contributed by atoms with Crippen LogP contribution in [0, 0.1) is 22.5 Å². The number of hydrogen-bond acceptors (Lipinski definition) is 12. The number of β-amino-alcohol motifs (C(OH)–C–C–N with tert-alkyl or cyclic N) is 1. The molecule has 1 aliphatic heterocycles. The van der Waals surface area contributed by atoms with Crippen molar-refractivity contribution in [1.82, 2.24) is 20.5 Å². The Balaban J connectivity index is 1.04. The lowest BCUT2D eigenvalue weighted by molar-refractivity contribution is -0.384. The van der Waals surface area contributed by atoms with Gasteiger partial charge < -0.3 is 40.2 Å². The Morgan fingerprint density at radius 3 is 2.40 bits per heavy atom. The van der Waals surface area contributed by atoms with Gasteiger partial charge in [0.05, 0.1) is 63.2 Å². The number of rotatable bonds is 18. The minimum absolute atomic E-state index is 0.0207. The third kappa shape index (κ3) is 12.4. The second-order valence-corrected chi connectivity index (χ2v) is 16.7. The van der Waals surface area contributed by atoms with Gasteiger partial charge in [-0.2, -0.15) is 0 Å². The average molecular weight is 886 g/mol. The van der Waals surface area contributed by atoms with Gasteiger partial charge in [0.1, 0.15) is 31.0 Å². The molecule has 320 valence electrons. The highest BCUT2D eigenvalue weighted by molar-refractivity contribution is 7.13. The molecule has 3 atom stereocenters. The van der Waals surface area contributed by atoms with E-state index in [0.29, 0.717) is 0 Å². The number of likely N-dealkylation sites (tertiary alicyclic amines) is 1. The fourth-order valence-electron chi connectivity index (χ4n) is 6.29. The number of halogens is 2.